The third-order valence-corrected chi connectivity index (χ3v) is 4.51. The molecule has 1 fully saturated rings. The molecule has 0 amide bonds. The van der Waals surface area contributed by atoms with Crippen LogP contribution in [0.25, 0.3) is 0 Å². The maximum absolute atomic E-state index is 7.41. The second-order valence-corrected chi connectivity index (χ2v) is 6.26. The van der Waals surface area contributed by atoms with Crippen molar-refractivity contribution in [2.45, 2.75) is 31.3 Å². The molecule has 0 unspecified atom stereocenters. The molecule has 3 N–H and O–H groups in total. The average Bonchev–Trinajstić information content (AvgIpc) is 2.34. The summed E-state index contributed by atoms with van der Waals surface area (Å²) in [5, 5.41) is 7.41. The Bertz CT molecular complexity index is 460. The number of likely N-dealkylation sites (N-methyl/N-ethyl adjacent to an activating group) is 2. The molecule has 4 heteroatoms. The molecular weight excluding hydrogens is 248 g/mol. The van der Waals surface area contributed by atoms with E-state index in [4.69, 9.17) is 11.1 Å². The summed E-state index contributed by atoms with van der Waals surface area (Å²) in [4.78, 5) is 4.77. The molecule has 0 bridgehead atoms. The third-order valence-electron chi connectivity index (χ3n) is 4.51. The molecule has 20 heavy (non-hydrogen) atoms. The number of hydrogen-bond donors (Lipinski definition) is 2. The lowest BCUT2D eigenvalue weighted by Gasteiger charge is -2.49. The van der Waals surface area contributed by atoms with Crippen LogP contribution < -0.4 is 5.73 Å². The van der Waals surface area contributed by atoms with Crippen molar-refractivity contribution in [2.75, 3.05) is 27.7 Å². The van der Waals surface area contributed by atoms with Gasteiger partial charge in [0.1, 0.15) is 5.84 Å². The molecule has 110 valence electrons. The van der Waals surface area contributed by atoms with Gasteiger partial charge in [-0.05, 0) is 46.0 Å². The molecule has 1 aromatic carbocycles. The third kappa shape index (κ3) is 3.19. The summed E-state index contributed by atoms with van der Waals surface area (Å²) < 4.78 is 0. The number of nitrogens with zero attached hydrogens (tertiary/aromatic N) is 2. The van der Waals surface area contributed by atoms with Crippen molar-refractivity contribution in [1.82, 2.24) is 9.80 Å². The maximum Gasteiger partial charge on any atom is 0.122 e. The SMILES string of the molecule is CN(Cc1ccc(C(=N)N)cc1)CC1(N(C)C)CCC1. The minimum Gasteiger partial charge on any atom is -0.384 e. The monoisotopic (exact) mass is 274 g/mol. The van der Waals surface area contributed by atoms with Crippen molar-refractivity contribution in [1.29, 1.82) is 5.41 Å². The second-order valence-electron chi connectivity index (χ2n) is 6.26. The molecule has 0 aliphatic heterocycles. The summed E-state index contributed by atoms with van der Waals surface area (Å²) in [7, 11) is 6.56. The van der Waals surface area contributed by atoms with E-state index in [0.29, 0.717) is 5.54 Å². The molecule has 0 saturated heterocycles. The number of nitrogens with one attached hydrogen (secondary N) is 1. The summed E-state index contributed by atoms with van der Waals surface area (Å²) in [5.41, 5.74) is 7.90. The fraction of sp³-hybridized carbons (Fsp3) is 0.562. The number of rotatable bonds is 6. The Labute approximate surface area is 122 Å². The van der Waals surface area contributed by atoms with Crippen molar-refractivity contribution < 1.29 is 0 Å². The van der Waals surface area contributed by atoms with E-state index in [2.05, 4.69) is 43.1 Å². The largest absolute Gasteiger partial charge is 0.384 e. The first-order valence-corrected chi connectivity index (χ1v) is 7.22. The van der Waals surface area contributed by atoms with Crippen molar-refractivity contribution in [2.24, 2.45) is 5.73 Å². The minimum absolute atomic E-state index is 0.130. The Morgan fingerprint density at radius 2 is 1.80 bits per heavy atom. The molecule has 2 rings (SSSR count). The van der Waals surface area contributed by atoms with Crippen LogP contribution in [-0.2, 0) is 6.54 Å². The predicted molar refractivity (Wildman–Crippen MR) is 84.1 cm³/mol. The van der Waals surface area contributed by atoms with Crippen molar-refractivity contribution in [3.8, 4) is 0 Å². The quantitative estimate of drug-likeness (QED) is 0.615. The van der Waals surface area contributed by atoms with Crippen LogP contribution in [-0.4, -0.2) is 48.9 Å². The highest BCUT2D eigenvalue weighted by molar-refractivity contribution is 5.94. The fourth-order valence-electron chi connectivity index (χ4n) is 2.99. The standard InChI is InChI=1S/C16H26N4/c1-19(2)16(9-4-10-16)12-20(3)11-13-5-7-14(8-6-13)15(17)18/h5-8H,4,9-12H2,1-3H3,(H3,17,18). The molecule has 1 aliphatic carbocycles. The Hall–Kier alpha value is -1.39. The van der Waals surface area contributed by atoms with E-state index < -0.39 is 0 Å². The van der Waals surface area contributed by atoms with Gasteiger partial charge in [0.2, 0.25) is 0 Å². The van der Waals surface area contributed by atoms with E-state index >= 15 is 0 Å². The van der Waals surface area contributed by atoms with Crippen molar-refractivity contribution in [3.63, 3.8) is 0 Å². The van der Waals surface area contributed by atoms with E-state index in [1.165, 1.54) is 24.8 Å². The van der Waals surface area contributed by atoms with Gasteiger partial charge in [0.25, 0.3) is 0 Å². The molecule has 0 aromatic heterocycles. The van der Waals surface area contributed by atoms with Crippen molar-refractivity contribution >= 4 is 5.84 Å². The van der Waals surface area contributed by atoms with Gasteiger partial charge in [-0.2, -0.15) is 0 Å². The smallest absolute Gasteiger partial charge is 0.122 e. The van der Waals surface area contributed by atoms with Crippen LogP contribution in [0, 0.1) is 5.41 Å². The summed E-state index contributed by atoms with van der Waals surface area (Å²) in [6.07, 6.45) is 3.94. The molecule has 0 radical (unpaired) electrons. The Morgan fingerprint density at radius 1 is 1.20 bits per heavy atom. The molecule has 0 spiro atoms. The van der Waals surface area contributed by atoms with Gasteiger partial charge in [0.15, 0.2) is 0 Å². The highest BCUT2D eigenvalue weighted by Crippen LogP contribution is 2.36. The normalized spacial score (nSPS) is 17.2. The molecule has 4 nitrogen and oxygen atoms in total. The lowest BCUT2D eigenvalue weighted by atomic mass is 9.75. The first kappa shape index (κ1) is 15.0. The van der Waals surface area contributed by atoms with Crippen LogP contribution in [0.15, 0.2) is 24.3 Å². The highest BCUT2D eigenvalue weighted by Gasteiger charge is 2.39. The Kier molecular flexibility index (Phi) is 4.45. The first-order chi connectivity index (χ1) is 9.43. The minimum atomic E-state index is 0.130. The zero-order chi connectivity index (χ0) is 14.8. The Morgan fingerprint density at radius 3 is 2.20 bits per heavy atom. The lowest BCUT2D eigenvalue weighted by Crippen LogP contribution is -2.56. The molecule has 0 heterocycles. The van der Waals surface area contributed by atoms with E-state index in [1.807, 2.05) is 12.1 Å². The van der Waals surface area contributed by atoms with Gasteiger partial charge >= 0.3 is 0 Å². The van der Waals surface area contributed by atoms with Crippen LogP contribution in [0.1, 0.15) is 30.4 Å². The van der Waals surface area contributed by atoms with Crippen LogP contribution >= 0.6 is 0 Å². The Balaban J connectivity index is 1.94. The topological polar surface area (TPSA) is 56.4 Å². The van der Waals surface area contributed by atoms with Crippen molar-refractivity contribution in [3.05, 3.63) is 35.4 Å². The summed E-state index contributed by atoms with van der Waals surface area (Å²) in [6, 6.07) is 7.99. The second kappa shape index (κ2) is 5.94. The first-order valence-electron chi connectivity index (χ1n) is 7.22. The van der Waals surface area contributed by atoms with E-state index in [-0.39, 0.29) is 5.84 Å². The van der Waals surface area contributed by atoms with Gasteiger partial charge in [0.05, 0.1) is 0 Å². The zero-order valence-corrected chi connectivity index (χ0v) is 12.8. The van der Waals surface area contributed by atoms with Gasteiger partial charge in [-0.15, -0.1) is 0 Å². The van der Waals surface area contributed by atoms with E-state index in [1.54, 1.807) is 0 Å². The van der Waals surface area contributed by atoms with E-state index in [0.717, 1.165) is 18.7 Å². The summed E-state index contributed by atoms with van der Waals surface area (Å²) in [5.74, 6) is 0.130. The van der Waals surface area contributed by atoms with Gasteiger partial charge in [-0.25, -0.2) is 0 Å². The van der Waals surface area contributed by atoms with Gasteiger partial charge in [-0.1, -0.05) is 24.3 Å². The molecule has 1 saturated carbocycles. The molecule has 0 atom stereocenters. The van der Waals surface area contributed by atoms with Gasteiger partial charge in [0, 0.05) is 24.2 Å². The number of hydrogen-bond acceptors (Lipinski definition) is 3. The number of amidine groups is 1. The summed E-state index contributed by atoms with van der Waals surface area (Å²) in [6.45, 7) is 2.04. The van der Waals surface area contributed by atoms with Crippen LogP contribution in [0.3, 0.4) is 0 Å². The van der Waals surface area contributed by atoms with Gasteiger partial charge in [-0.3, -0.25) is 5.41 Å². The molecular formula is C16H26N4. The fourth-order valence-corrected chi connectivity index (χ4v) is 2.99. The van der Waals surface area contributed by atoms with E-state index in [9.17, 15) is 0 Å². The average molecular weight is 274 g/mol. The lowest BCUT2D eigenvalue weighted by molar-refractivity contribution is 0.0259. The summed E-state index contributed by atoms with van der Waals surface area (Å²) >= 11 is 0. The maximum atomic E-state index is 7.41. The predicted octanol–water partition coefficient (Wildman–Crippen LogP) is 1.89. The number of nitrogen functional groups attached to an aromatic ring is 1. The highest BCUT2D eigenvalue weighted by atomic mass is 15.2. The molecule has 1 aliphatic rings. The zero-order valence-electron chi connectivity index (χ0n) is 12.8. The number of benzene rings is 1. The van der Waals surface area contributed by atoms with Crippen LogP contribution in [0.4, 0.5) is 0 Å². The van der Waals surface area contributed by atoms with Gasteiger partial charge < -0.3 is 15.5 Å². The van der Waals surface area contributed by atoms with Crippen LogP contribution in [0.2, 0.25) is 0 Å². The number of nitrogens with two attached hydrogens (primary N) is 1. The van der Waals surface area contributed by atoms with Crippen LogP contribution in [0.5, 0.6) is 0 Å². The molecule has 1 aromatic rings.